The predicted molar refractivity (Wildman–Crippen MR) is 250 cm³/mol. The molecule has 4 nitrogen and oxygen atoms in total. The number of methoxy groups -OCH3 is 1. The lowest BCUT2D eigenvalue weighted by Gasteiger charge is -2.17. The highest BCUT2D eigenvalue weighted by Gasteiger charge is 2.21. The van der Waals surface area contributed by atoms with E-state index >= 15 is 0 Å². The second kappa shape index (κ2) is 13.4. The van der Waals surface area contributed by atoms with E-state index in [1.165, 1.54) is 49.2 Å². The van der Waals surface area contributed by atoms with Crippen molar-refractivity contribution in [1.29, 1.82) is 0 Å². The van der Waals surface area contributed by atoms with Crippen LogP contribution >= 0.6 is 0 Å². The van der Waals surface area contributed by atoms with Crippen molar-refractivity contribution in [3.05, 3.63) is 200 Å². The van der Waals surface area contributed by atoms with Crippen LogP contribution in [0.2, 0.25) is 0 Å². The van der Waals surface area contributed by atoms with Crippen LogP contribution in [0.1, 0.15) is 5.56 Å². The second-order valence-corrected chi connectivity index (χ2v) is 15.7. The number of rotatable bonds is 6. The molecule has 0 bridgehead atoms. The first-order chi connectivity index (χ1) is 29.6. The number of para-hydroxylation sites is 4. The summed E-state index contributed by atoms with van der Waals surface area (Å²) in [5, 5.41) is 7.06. The van der Waals surface area contributed by atoms with Crippen molar-refractivity contribution in [2.24, 2.45) is 0 Å². The van der Waals surface area contributed by atoms with Crippen LogP contribution < -0.4 is 4.74 Å². The summed E-state index contributed by atoms with van der Waals surface area (Å²) < 4.78 is 17.7. The zero-order valence-corrected chi connectivity index (χ0v) is 33.2. The Morgan fingerprint density at radius 2 is 0.900 bits per heavy atom. The van der Waals surface area contributed by atoms with Crippen molar-refractivity contribution < 1.29 is 9.15 Å². The van der Waals surface area contributed by atoms with Crippen molar-refractivity contribution in [2.75, 3.05) is 7.11 Å². The minimum atomic E-state index is 0.845. The van der Waals surface area contributed by atoms with E-state index in [1.807, 2.05) is 6.07 Å². The molecule has 9 aromatic carbocycles. The molecule has 0 aliphatic rings. The van der Waals surface area contributed by atoms with Crippen molar-refractivity contribution >= 4 is 65.6 Å². The Hall–Kier alpha value is -7.82. The first-order valence-electron chi connectivity index (χ1n) is 20.5. The van der Waals surface area contributed by atoms with E-state index < -0.39 is 0 Å². The molecular weight excluding hydrogens is 733 g/mol. The summed E-state index contributed by atoms with van der Waals surface area (Å²) in [6, 6.07) is 69.9. The Bertz CT molecular complexity index is 3420. The Morgan fingerprint density at radius 3 is 1.45 bits per heavy atom. The van der Waals surface area contributed by atoms with Crippen LogP contribution in [-0.2, 0) is 0 Å². The average molecular weight is 771 g/mol. The monoisotopic (exact) mass is 770 g/mol. The van der Waals surface area contributed by atoms with Gasteiger partial charge in [0.1, 0.15) is 16.9 Å². The van der Waals surface area contributed by atoms with Crippen molar-refractivity contribution in [3.63, 3.8) is 0 Å². The zero-order valence-electron chi connectivity index (χ0n) is 33.2. The number of hydrogen-bond acceptors (Lipinski definition) is 2. The second-order valence-electron chi connectivity index (χ2n) is 15.7. The third-order valence-electron chi connectivity index (χ3n) is 12.2. The molecule has 0 fully saturated rings. The largest absolute Gasteiger partial charge is 0.495 e. The quantitative estimate of drug-likeness (QED) is 0.169. The molecule has 0 amide bonds. The number of furan rings is 1. The fourth-order valence-electron chi connectivity index (χ4n) is 9.68. The van der Waals surface area contributed by atoms with Gasteiger partial charge in [0.15, 0.2) is 0 Å². The Labute approximate surface area is 346 Å². The number of benzene rings is 9. The highest BCUT2D eigenvalue weighted by molar-refractivity contribution is 6.15. The molecule has 0 saturated carbocycles. The Kier molecular flexibility index (Phi) is 7.63. The fourth-order valence-corrected chi connectivity index (χ4v) is 9.68. The van der Waals surface area contributed by atoms with Gasteiger partial charge in [0.05, 0.1) is 29.2 Å². The first kappa shape index (κ1) is 34.2. The number of fused-ring (bicyclic) bond motifs is 9. The summed E-state index contributed by atoms with van der Waals surface area (Å²) >= 11 is 0. The van der Waals surface area contributed by atoms with E-state index in [2.05, 4.69) is 204 Å². The van der Waals surface area contributed by atoms with E-state index in [4.69, 9.17) is 9.15 Å². The van der Waals surface area contributed by atoms with Gasteiger partial charge < -0.3 is 18.3 Å². The molecule has 0 saturated heterocycles. The third-order valence-corrected chi connectivity index (χ3v) is 12.2. The van der Waals surface area contributed by atoms with E-state index in [9.17, 15) is 0 Å². The van der Waals surface area contributed by atoms with Crippen LogP contribution in [0.5, 0.6) is 5.75 Å². The predicted octanol–water partition coefficient (Wildman–Crippen LogP) is 15.1. The molecule has 0 unspecified atom stereocenters. The third kappa shape index (κ3) is 5.17. The van der Waals surface area contributed by atoms with Gasteiger partial charge in [-0.25, -0.2) is 0 Å². The number of ether oxygens (including phenoxy) is 1. The highest BCUT2D eigenvalue weighted by atomic mass is 16.5. The standard InChI is InChI=1S/C56H38N2O2/c1-35-29-46(36-15-4-3-5-16-36)56(59-2)47(30-35)37-27-28-53-48(33-37)55-41(21-14-26-54(55)60-53)38-31-39(57-49-22-10-6-17-42(49)43-18-7-11-23-50(43)57)34-40(32-38)58-51-24-12-8-19-44(51)45-20-9-13-25-52(45)58/h3-34H,1-2H3. The number of aromatic nitrogens is 2. The molecule has 3 heterocycles. The topological polar surface area (TPSA) is 32.2 Å². The summed E-state index contributed by atoms with van der Waals surface area (Å²) in [5.74, 6) is 0.855. The van der Waals surface area contributed by atoms with Crippen LogP contribution in [0.25, 0.3) is 110 Å². The smallest absolute Gasteiger partial charge is 0.136 e. The maximum Gasteiger partial charge on any atom is 0.136 e. The van der Waals surface area contributed by atoms with Gasteiger partial charge >= 0.3 is 0 Å². The van der Waals surface area contributed by atoms with Crippen molar-refractivity contribution in [3.8, 4) is 50.5 Å². The van der Waals surface area contributed by atoms with E-state index in [0.29, 0.717) is 0 Å². The van der Waals surface area contributed by atoms with Crippen LogP contribution in [0, 0.1) is 6.92 Å². The van der Waals surface area contributed by atoms with Crippen molar-refractivity contribution in [1.82, 2.24) is 9.13 Å². The van der Waals surface area contributed by atoms with Crippen LogP contribution in [-0.4, -0.2) is 16.2 Å². The summed E-state index contributed by atoms with van der Waals surface area (Å²) in [5.41, 5.74) is 16.2. The van der Waals surface area contributed by atoms with Gasteiger partial charge in [0.2, 0.25) is 0 Å². The molecule has 12 aromatic rings. The SMILES string of the molecule is COc1c(-c2ccccc2)cc(C)cc1-c1ccc2oc3cccc(-c4cc(-n5c6ccccc6c6ccccc65)cc(-n5c6ccccc6c6ccccc65)c4)c3c2c1. The minimum absolute atomic E-state index is 0.845. The first-order valence-corrected chi connectivity index (χ1v) is 20.5. The molecule has 0 radical (unpaired) electrons. The molecule has 0 N–H and O–H groups in total. The normalized spacial score (nSPS) is 11.8. The Morgan fingerprint density at radius 1 is 0.383 bits per heavy atom. The number of nitrogens with zero attached hydrogens (tertiary/aromatic N) is 2. The van der Waals surface area contributed by atoms with Gasteiger partial charge in [-0.1, -0.05) is 121 Å². The van der Waals surface area contributed by atoms with Crippen LogP contribution in [0.3, 0.4) is 0 Å². The highest BCUT2D eigenvalue weighted by Crippen LogP contribution is 2.45. The van der Waals surface area contributed by atoms with Gasteiger partial charge in [-0.05, 0) is 108 Å². The summed E-state index contributed by atoms with van der Waals surface area (Å²) in [4.78, 5) is 0. The minimum Gasteiger partial charge on any atom is -0.495 e. The van der Waals surface area contributed by atoms with Gasteiger partial charge in [0.25, 0.3) is 0 Å². The molecule has 12 rings (SSSR count). The molecular formula is C56H38N2O2. The summed E-state index contributed by atoms with van der Waals surface area (Å²) in [7, 11) is 1.77. The molecule has 284 valence electrons. The molecule has 0 spiro atoms. The summed E-state index contributed by atoms with van der Waals surface area (Å²) in [6.45, 7) is 2.15. The maximum absolute atomic E-state index is 6.67. The van der Waals surface area contributed by atoms with E-state index in [1.54, 1.807) is 7.11 Å². The van der Waals surface area contributed by atoms with E-state index in [-0.39, 0.29) is 0 Å². The maximum atomic E-state index is 6.67. The molecule has 60 heavy (non-hydrogen) atoms. The lowest BCUT2D eigenvalue weighted by molar-refractivity contribution is 0.418. The molecule has 0 aliphatic carbocycles. The van der Waals surface area contributed by atoms with Gasteiger partial charge in [-0.15, -0.1) is 0 Å². The van der Waals surface area contributed by atoms with Gasteiger partial charge in [-0.2, -0.15) is 0 Å². The van der Waals surface area contributed by atoms with Crippen LogP contribution in [0.15, 0.2) is 199 Å². The molecule has 0 aliphatic heterocycles. The summed E-state index contributed by atoms with van der Waals surface area (Å²) in [6.07, 6.45) is 0. The fraction of sp³-hybridized carbons (Fsp3) is 0.0357. The lowest BCUT2D eigenvalue weighted by Crippen LogP contribution is -2.00. The van der Waals surface area contributed by atoms with Gasteiger partial charge in [-0.3, -0.25) is 0 Å². The molecule has 3 aromatic heterocycles. The molecule has 4 heteroatoms. The molecule has 0 atom stereocenters. The zero-order chi connectivity index (χ0) is 39.9. The van der Waals surface area contributed by atoms with Crippen molar-refractivity contribution in [2.45, 2.75) is 6.92 Å². The average Bonchev–Trinajstić information content (AvgIpc) is 3.96. The number of hydrogen-bond donors (Lipinski definition) is 0. The van der Waals surface area contributed by atoms with E-state index in [0.717, 1.165) is 72.4 Å². The lowest BCUT2D eigenvalue weighted by atomic mass is 9.93. The Balaban J connectivity index is 1.14. The number of aryl methyl sites for hydroxylation is 1. The van der Waals surface area contributed by atoms with Crippen LogP contribution in [0.4, 0.5) is 0 Å². The van der Waals surface area contributed by atoms with Gasteiger partial charge in [0, 0.05) is 54.8 Å².